The lowest BCUT2D eigenvalue weighted by atomic mass is 10.3. The summed E-state index contributed by atoms with van der Waals surface area (Å²) in [5, 5.41) is 3.36. The van der Waals surface area contributed by atoms with Crippen LogP contribution in [0.2, 0.25) is 0 Å². The highest BCUT2D eigenvalue weighted by molar-refractivity contribution is 5.54. The third-order valence-corrected chi connectivity index (χ3v) is 3.37. The van der Waals surface area contributed by atoms with Crippen molar-refractivity contribution in [3.63, 3.8) is 0 Å². The van der Waals surface area contributed by atoms with Gasteiger partial charge < -0.3 is 15.8 Å². The summed E-state index contributed by atoms with van der Waals surface area (Å²) in [4.78, 5) is 11.1. The molecule has 2 rings (SSSR count). The average molecular weight is 265 g/mol. The molecular formula is C13H23N5O. The normalized spacial score (nSPS) is 16.5. The van der Waals surface area contributed by atoms with Crippen LogP contribution in [0.3, 0.4) is 0 Å². The molecule has 106 valence electrons. The Kier molecular flexibility index (Phi) is 4.93. The molecule has 1 saturated heterocycles. The van der Waals surface area contributed by atoms with E-state index in [1.807, 2.05) is 13.8 Å². The maximum absolute atomic E-state index is 5.89. The molecule has 1 aliphatic heterocycles. The van der Waals surface area contributed by atoms with Gasteiger partial charge in [0.15, 0.2) is 0 Å². The Morgan fingerprint density at radius 2 is 2.05 bits per heavy atom. The van der Waals surface area contributed by atoms with Gasteiger partial charge in [-0.1, -0.05) is 6.92 Å². The maximum atomic E-state index is 5.89. The molecule has 0 unspecified atom stereocenters. The van der Waals surface area contributed by atoms with Crippen molar-refractivity contribution in [2.75, 3.05) is 50.4 Å². The number of rotatable bonds is 5. The first-order valence-electron chi connectivity index (χ1n) is 6.87. The van der Waals surface area contributed by atoms with Crippen molar-refractivity contribution in [2.24, 2.45) is 0 Å². The number of anilines is 2. The van der Waals surface area contributed by atoms with Gasteiger partial charge in [0.1, 0.15) is 17.5 Å². The number of aromatic nitrogens is 2. The van der Waals surface area contributed by atoms with Gasteiger partial charge in [0.05, 0.1) is 13.2 Å². The van der Waals surface area contributed by atoms with E-state index in [4.69, 9.17) is 10.5 Å². The third-order valence-electron chi connectivity index (χ3n) is 3.37. The zero-order valence-electron chi connectivity index (χ0n) is 11.8. The molecule has 0 bridgehead atoms. The van der Waals surface area contributed by atoms with Crippen molar-refractivity contribution >= 4 is 11.6 Å². The molecule has 2 heterocycles. The van der Waals surface area contributed by atoms with Gasteiger partial charge in [-0.05, 0) is 6.92 Å². The van der Waals surface area contributed by atoms with Crippen LogP contribution in [0.15, 0.2) is 0 Å². The number of aryl methyl sites for hydroxylation is 1. The number of morpholine rings is 1. The van der Waals surface area contributed by atoms with Crippen molar-refractivity contribution in [1.82, 2.24) is 14.9 Å². The summed E-state index contributed by atoms with van der Waals surface area (Å²) in [5.74, 6) is 2.22. The van der Waals surface area contributed by atoms with Crippen molar-refractivity contribution in [3.05, 3.63) is 11.4 Å². The summed E-state index contributed by atoms with van der Waals surface area (Å²) in [6.45, 7) is 9.51. The van der Waals surface area contributed by atoms with E-state index in [1.54, 1.807) is 0 Å². The Hall–Kier alpha value is -1.40. The monoisotopic (exact) mass is 265 g/mol. The van der Waals surface area contributed by atoms with E-state index < -0.39 is 0 Å². The Labute approximate surface area is 114 Å². The lowest BCUT2D eigenvalue weighted by Gasteiger charge is -2.26. The largest absolute Gasteiger partial charge is 0.383 e. The maximum Gasteiger partial charge on any atom is 0.134 e. The standard InChI is InChI=1S/C13H23N5O/c1-3-11-16-12(14)10(2)13(17-11)15-4-5-18-6-8-19-9-7-18/h3-9H2,1-2H3,(H3,14,15,16,17). The number of nitrogens with two attached hydrogens (primary N) is 1. The van der Waals surface area contributed by atoms with E-state index in [9.17, 15) is 0 Å². The van der Waals surface area contributed by atoms with Gasteiger partial charge in [-0.25, -0.2) is 9.97 Å². The topological polar surface area (TPSA) is 76.3 Å². The quantitative estimate of drug-likeness (QED) is 0.815. The molecular weight excluding hydrogens is 242 g/mol. The lowest BCUT2D eigenvalue weighted by Crippen LogP contribution is -2.39. The number of hydrogen-bond acceptors (Lipinski definition) is 6. The number of hydrogen-bond donors (Lipinski definition) is 2. The SMILES string of the molecule is CCc1nc(N)c(C)c(NCCN2CCOCC2)n1. The van der Waals surface area contributed by atoms with Crippen LogP contribution in [0.25, 0.3) is 0 Å². The second-order valence-electron chi connectivity index (χ2n) is 4.73. The summed E-state index contributed by atoms with van der Waals surface area (Å²) < 4.78 is 5.33. The fourth-order valence-corrected chi connectivity index (χ4v) is 2.07. The highest BCUT2D eigenvalue weighted by atomic mass is 16.5. The first kappa shape index (κ1) is 14.0. The predicted molar refractivity (Wildman–Crippen MR) is 76.3 cm³/mol. The van der Waals surface area contributed by atoms with Crippen molar-refractivity contribution < 1.29 is 4.74 Å². The molecule has 0 spiro atoms. The Morgan fingerprint density at radius 3 is 2.74 bits per heavy atom. The molecule has 0 aromatic carbocycles. The Morgan fingerprint density at radius 1 is 1.32 bits per heavy atom. The molecule has 1 aliphatic rings. The summed E-state index contributed by atoms with van der Waals surface area (Å²) in [7, 11) is 0. The van der Waals surface area contributed by atoms with E-state index in [1.165, 1.54) is 0 Å². The molecule has 0 amide bonds. The highest BCUT2D eigenvalue weighted by Crippen LogP contribution is 2.17. The van der Waals surface area contributed by atoms with Gasteiger partial charge in [-0.3, -0.25) is 4.90 Å². The van der Waals surface area contributed by atoms with Gasteiger partial charge in [-0.15, -0.1) is 0 Å². The zero-order chi connectivity index (χ0) is 13.7. The van der Waals surface area contributed by atoms with Crippen LogP contribution < -0.4 is 11.1 Å². The van der Waals surface area contributed by atoms with E-state index in [0.717, 1.165) is 63.0 Å². The van der Waals surface area contributed by atoms with Gasteiger partial charge >= 0.3 is 0 Å². The zero-order valence-corrected chi connectivity index (χ0v) is 11.8. The van der Waals surface area contributed by atoms with E-state index in [-0.39, 0.29) is 0 Å². The number of nitrogens with zero attached hydrogens (tertiary/aromatic N) is 3. The van der Waals surface area contributed by atoms with Crippen LogP contribution in [-0.4, -0.2) is 54.3 Å². The van der Waals surface area contributed by atoms with Crippen LogP contribution in [0.1, 0.15) is 18.3 Å². The molecule has 0 radical (unpaired) electrons. The minimum absolute atomic E-state index is 0.570. The Balaban J connectivity index is 1.89. The van der Waals surface area contributed by atoms with E-state index >= 15 is 0 Å². The molecule has 6 nitrogen and oxygen atoms in total. The van der Waals surface area contributed by atoms with Gasteiger partial charge in [0.2, 0.25) is 0 Å². The minimum Gasteiger partial charge on any atom is -0.383 e. The molecule has 6 heteroatoms. The summed E-state index contributed by atoms with van der Waals surface area (Å²) >= 11 is 0. The Bertz CT molecular complexity index is 418. The van der Waals surface area contributed by atoms with Crippen LogP contribution in [0.4, 0.5) is 11.6 Å². The summed E-state index contributed by atoms with van der Waals surface area (Å²) in [6, 6.07) is 0. The minimum atomic E-state index is 0.570. The van der Waals surface area contributed by atoms with Gasteiger partial charge in [0.25, 0.3) is 0 Å². The molecule has 0 aliphatic carbocycles. The molecule has 1 fully saturated rings. The van der Waals surface area contributed by atoms with E-state index in [0.29, 0.717) is 5.82 Å². The van der Waals surface area contributed by atoms with Crippen LogP contribution in [0.5, 0.6) is 0 Å². The predicted octanol–water partition coefficient (Wildman–Crippen LogP) is 0.674. The second kappa shape index (κ2) is 6.68. The van der Waals surface area contributed by atoms with Crippen molar-refractivity contribution in [3.8, 4) is 0 Å². The fourth-order valence-electron chi connectivity index (χ4n) is 2.07. The molecule has 19 heavy (non-hydrogen) atoms. The molecule has 3 N–H and O–H groups in total. The average Bonchev–Trinajstić information content (AvgIpc) is 2.44. The van der Waals surface area contributed by atoms with Gasteiger partial charge in [0, 0.05) is 38.2 Å². The second-order valence-corrected chi connectivity index (χ2v) is 4.73. The third kappa shape index (κ3) is 3.78. The molecule has 1 aromatic rings. The van der Waals surface area contributed by atoms with E-state index in [2.05, 4.69) is 20.2 Å². The first-order chi connectivity index (χ1) is 9.20. The number of ether oxygens (including phenoxy) is 1. The number of nitrogen functional groups attached to an aromatic ring is 1. The molecule has 1 aromatic heterocycles. The van der Waals surface area contributed by atoms with Crippen molar-refractivity contribution in [1.29, 1.82) is 0 Å². The summed E-state index contributed by atoms with van der Waals surface area (Å²) in [6.07, 6.45) is 0.794. The molecule has 0 saturated carbocycles. The van der Waals surface area contributed by atoms with Crippen LogP contribution >= 0.6 is 0 Å². The van der Waals surface area contributed by atoms with Crippen molar-refractivity contribution in [2.45, 2.75) is 20.3 Å². The smallest absolute Gasteiger partial charge is 0.134 e. The number of nitrogens with one attached hydrogen (secondary N) is 1. The van der Waals surface area contributed by atoms with Crippen LogP contribution in [0, 0.1) is 6.92 Å². The fraction of sp³-hybridized carbons (Fsp3) is 0.692. The summed E-state index contributed by atoms with van der Waals surface area (Å²) in [5.41, 5.74) is 6.82. The molecule has 0 atom stereocenters. The van der Waals surface area contributed by atoms with Gasteiger partial charge in [-0.2, -0.15) is 0 Å². The van der Waals surface area contributed by atoms with Crippen LogP contribution in [-0.2, 0) is 11.2 Å². The first-order valence-corrected chi connectivity index (χ1v) is 6.87. The highest BCUT2D eigenvalue weighted by Gasteiger charge is 2.11. The lowest BCUT2D eigenvalue weighted by molar-refractivity contribution is 0.0398.